The molecule has 4 nitrogen and oxygen atoms in total. The zero-order valence-corrected chi connectivity index (χ0v) is 13.7. The van der Waals surface area contributed by atoms with E-state index in [0.29, 0.717) is 10.6 Å². The number of anilines is 1. The molecule has 0 bridgehead atoms. The van der Waals surface area contributed by atoms with Gasteiger partial charge in [-0.25, -0.2) is 8.42 Å². The van der Waals surface area contributed by atoms with Crippen molar-refractivity contribution < 1.29 is 13.5 Å². The largest absolute Gasteiger partial charge is 0.391 e. The number of benzene rings is 1. The second-order valence-electron chi connectivity index (χ2n) is 4.88. The maximum Gasteiger partial charge on any atom is 0.271 e. The minimum Gasteiger partial charge on any atom is -0.391 e. The van der Waals surface area contributed by atoms with E-state index >= 15 is 0 Å². The van der Waals surface area contributed by atoms with Crippen LogP contribution in [0, 0.1) is 6.92 Å². The molecule has 0 saturated carbocycles. The Kier molecular flexibility index (Phi) is 5.03. The van der Waals surface area contributed by atoms with Gasteiger partial charge < -0.3 is 5.11 Å². The van der Waals surface area contributed by atoms with Crippen molar-refractivity contribution in [3.05, 3.63) is 46.3 Å². The molecule has 0 aliphatic rings. The number of hydrogen-bond acceptors (Lipinski definition) is 4. The van der Waals surface area contributed by atoms with Crippen LogP contribution in [0.4, 0.5) is 5.69 Å². The lowest BCUT2D eigenvalue weighted by Gasteiger charge is -2.07. The lowest BCUT2D eigenvalue weighted by molar-refractivity contribution is 0.285. The van der Waals surface area contributed by atoms with E-state index < -0.39 is 10.0 Å². The number of aliphatic hydroxyl groups excluding tert-OH is 1. The topological polar surface area (TPSA) is 66.4 Å². The molecule has 2 N–H and O–H groups in total. The van der Waals surface area contributed by atoms with Crippen LogP contribution in [-0.2, 0) is 23.1 Å². The van der Waals surface area contributed by atoms with Gasteiger partial charge in [-0.3, -0.25) is 4.72 Å². The molecule has 21 heavy (non-hydrogen) atoms. The molecule has 2 aromatic rings. The first-order chi connectivity index (χ1) is 9.96. The van der Waals surface area contributed by atoms with Crippen molar-refractivity contribution in [2.24, 2.45) is 0 Å². The minimum absolute atomic E-state index is 0.141. The maximum absolute atomic E-state index is 12.3. The highest BCUT2D eigenvalue weighted by atomic mass is 32.2. The van der Waals surface area contributed by atoms with Crippen LogP contribution in [-0.4, -0.2) is 13.5 Å². The molecule has 0 unspecified atom stereocenters. The van der Waals surface area contributed by atoms with E-state index in [1.807, 2.05) is 12.1 Å². The van der Waals surface area contributed by atoms with Crippen LogP contribution in [0.5, 0.6) is 0 Å². The van der Waals surface area contributed by atoms with Gasteiger partial charge in [-0.1, -0.05) is 25.5 Å². The molecule has 0 saturated heterocycles. The number of nitrogens with one attached hydrogen (secondary N) is 1. The highest BCUT2D eigenvalue weighted by Crippen LogP contribution is 2.27. The van der Waals surface area contributed by atoms with Gasteiger partial charge in [0.05, 0.1) is 6.61 Å². The Bertz CT molecular complexity index is 703. The third kappa shape index (κ3) is 3.84. The molecule has 0 aliphatic heterocycles. The molecule has 6 heteroatoms. The summed E-state index contributed by atoms with van der Waals surface area (Å²) >= 11 is 1.10. The lowest BCUT2D eigenvalue weighted by Crippen LogP contribution is -2.11. The second kappa shape index (κ2) is 6.60. The molecular formula is C15H19NO3S2. The summed E-state index contributed by atoms with van der Waals surface area (Å²) in [5.41, 5.74) is 2.53. The van der Waals surface area contributed by atoms with Crippen LogP contribution in [0.25, 0.3) is 0 Å². The van der Waals surface area contributed by atoms with Crippen LogP contribution in [0.3, 0.4) is 0 Å². The van der Waals surface area contributed by atoms with E-state index in [1.54, 1.807) is 25.1 Å². The van der Waals surface area contributed by atoms with Gasteiger partial charge in [-0.2, -0.15) is 0 Å². The Morgan fingerprint density at radius 1 is 1.24 bits per heavy atom. The highest BCUT2D eigenvalue weighted by Gasteiger charge is 2.18. The smallest absolute Gasteiger partial charge is 0.271 e. The standard InChI is InChI=1S/C15H19NO3S2/c1-3-4-12-5-7-13(8-6-12)16-21(18,19)15-9-11(2)14(10-17)20-15/h5-9,16-17H,3-4,10H2,1-2H3. The maximum atomic E-state index is 12.3. The van der Waals surface area contributed by atoms with Crippen molar-refractivity contribution in [3.63, 3.8) is 0 Å². The van der Waals surface area contributed by atoms with Gasteiger partial charge in [0.2, 0.25) is 0 Å². The van der Waals surface area contributed by atoms with Crippen molar-refractivity contribution in [3.8, 4) is 0 Å². The lowest BCUT2D eigenvalue weighted by atomic mass is 10.1. The number of rotatable bonds is 6. The molecule has 0 amide bonds. The van der Waals surface area contributed by atoms with Crippen molar-refractivity contribution in [2.75, 3.05) is 4.72 Å². The van der Waals surface area contributed by atoms with E-state index in [2.05, 4.69) is 11.6 Å². The van der Waals surface area contributed by atoms with Gasteiger partial charge >= 0.3 is 0 Å². The monoisotopic (exact) mass is 325 g/mol. The van der Waals surface area contributed by atoms with Gasteiger partial charge in [0.1, 0.15) is 4.21 Å². The Hall–Kier alpha value is -1.37. The van der Waals surface area contributed by atoms with Crippen LogP contribution in [0.2, 0.25) is 0 Å². The first kappa shape index (κ1) is 16.0. The molecule has 114 valence electrons. The Morgan fingerprint density at radius 3 is 2.43 bits per heavy atom. The fraction of sp³-hybridized carbons (Fsp3) is 0.333. The van der Waals surface area contributed by atoms with E-state index in [9.17, 15) is 8.42 Å². The predicted octanol–water partition coefficient (Wildman–Crippen LogP) is 3.30. The normalized spacial score (nSPS) is 11.6. The van der Waals surface area contributed by atoms with Crippen LogP contribution in [0.15, 0.2) is 34.5 Å². The average Bonchev–Trinajstić information content (AvgIpc) is 2.83. The Balaban J connectivity index is 2.20. The summed E-state index contributed by atoms with van der Waals surface area (Å²) in [6.45, 7) is 3.76. The van der Waals surface area contributed by atoms with Gasteiger partial charge in [0.15, 0.2) is 0 Å². The van der Waals surface area contributed by atoms with E-state index in [-0.39, 0.29) is 10.8 Å². The molecular weight excluding hydrogens is 306 g/mol. The Morgan fingerprint density at radius 2 is 1.90 bits per heavy atom. The summed E-state index contributed by atoms with van der Waals surface area (Å²) in [5, 5.41) is 9.16. The zero-order valence-electron chi connectivity index (χ0n) is 12.1. The van der Waals surface area contributed by atoms with Crippen LogP contribution in [0.1, 0.15) is 29.3 Å². The fourth-order valence-electron chi connectivity index (χ4n) is 2.01. The molecule has 0 spiro atoms. The average molecular weight is 325 g/mol. The molecule has 0 fully saturated rings. The molecule has 0 atom stereocenters. The number of sulfonamides is 1. The van der Waals surface area contributed by atoms with Gasteiger partial charge in [0.25, 0.3) is 10.0 Å². The third-order valence-corrected chi connectivity index (χ3v) is 6.23. The van der Waals surface area contributed by atoms with Gasteiger partial charge in [-0.05, 0) is 42.7 Å². The molecule has 1 heterocycles. The molecule has 1 aromatic carbocycles. The van der Waals surface area contributed by atoms with Gasteiger partial charge in [-0.15, -0.1) is 11.3 Å². The SMILES string of the molecule is CCCc1ccc(NS(=O)(=O)c2cc(C)c(CO)s2)cc1. The zero-order chi connectivity index (χ0) is 15.5. The number of aliphatic hydroxyl groups is 1. The summed E-state index contributed by atoms with van der Waals surface area (Å²) in [7, 11) is -3.59. The summed E-state index contributed by atoms with van der Waals surface area (Å²) < 4.78 is 27.4. The first-order valence-electron chi connectivity index (χ1n) is 6.78. The number of thiophene rings is 1. The predicted molar refractivity (Wildman–Crippen MR) is 86.2 cm³/mol. The number of aryl methyl sites for hydroxylation is 2. The van der Waals surface area contributed by atoms with E-state index in [4.69, 9.17) is 5.11 Å². The van der Waals surface area contributed by atoms with Crippen LogP contribution >= 0.6 is 11.3 Å². The summed E-state index contributed by atoms with van der Waals surface area (Å²) in [5.74, 6) is 0. The molecule has 1 aromatic heterocycles. The van der Waals surface area contributed by atoms with Crippen molar-refractivity contribution in [1.82, 2.24) is 0 Å². The molecule has 0 aliphatic carbocycles. The van der Waals surface area contributed by atoms with E-state index in [1.165, 1.54) is 5.56 Å². The second-order valence-corrected chi connectivity index (χ2v) is 7.93. The summed E-state index contributed by atoms with van der Waals surface area (Å²) in [4.78, 5) is 0.675. The molecule has 0 radical (unpaired) electrons. The Labute approximate surface area is 129 Å². The molecule has 2 rings (SSSR count). The van der Waals surface area contributed by atoms with Crippen molar-refractivity contribution >= 4 is 27.0 Å². The number of hydrogen-bond donors (Lipinski definition) is 2. The highest BCUT2D eigenvalue weighted by molar-refractivity contribution is 7.94. The van der Waals surface area contributed by atoms with E-state index in [0.717, 1.165) is 29.7 Å². The van der Waals surface area contributed by atoms with Crippen molar-refractivity contribution in [2.45, 2.75) is 37.5 Å². The summed E-state index contributed by atoms with van der Waals surface area (Å²) in [6.07, 6.45) is 2.04. The third-order valence-electron chi connectivity index (χ3n) is 3.15. The quantitative estimate of drug-likeness (QED) is 0.856. The summed E-state index contributed by atoms with van der Waals surface area (Å²) in [6, 6.07) is 9.00. The fourth-order valence-corrected chi connectivity index (χ4v) is 4.52. The minimum atomic E-state index is -3.59. The van der Waals surface area contributed by atoms with Crippen LogP contribution < -0.4 is 4.72 Å². The van der Waals surface area contributed by atoms with Crippen molar-refractivity contribution in [1.29, 1.82) is 0 Å². The first-order valence-corrected chi connectivity index (χ1v) is 9.08. The van der Waals surface area contributed by atoms with Gasteiger partial charge in [0, 0.05) is 10.6 Å².